The van der Waals surface area contributed by atoms with Crippen LogP contribution in [0.15, 0.2) is 12.5 Å². The van der Waals surface area contributed by atoms with Crippen LogP contribution in [-0.2, 0) is 31.0 Å². The molecule has 2 aromatic heterocycles. The van der Waals surface area contributed by atoms with Crippen molar-refractivity contribution in [3.05, 3.63) is 18.1 Å². The Balaban J connectivity index is 0.00000282. The summed E-state index contributed by atoms with van der Waals surface area (Å²) in [6.45, 7) is 19.2. The maximum atomic E-state index is 13.8. The summed E-state index contributed by atoms with van der Waals surface area (Å²) in [6.07, 6.45) is -3.54. The van der Waals surface area contributed by atoms with Crippen LogP contribution in [0.5, 0.6) is 0 Å². The normalized spacial score (nSPS) is 26.4. The number of aromatic nitrogens is 3. The summed E-state index contributed by atoms with van der Waals surface area (Å²) in [6, 6.07) is 0. The average molecular weight is 721 g/mol. The van der Waals surface area contributed by atoms with Gasteiger partial charge in [0.1, 0.15) is 42.4 Å². The number of nitrogen functional groups attached to an aromatic ring is 2. The molecular formula is C27H47F3N6O7S3. The van der Waals surface area contributed by atoms with E-state index >= 15 is 0 Å². The second-order valence-corrected chi connectivity index (χ2v) is 20.3. The van der Waals surface area contributed by atoms with E-state index in [1.165, 1.54) is 10.8 Å². The molecule has 0 spiro atoms. The van der Waals surface area contributed by atoms with E-state index in [1.54, 1.807) is 0 Å². The minimum atomic E-state index is -6.16. The lowest BCUT2D eigenvalue weighted by Crippen LogP contribution is -2.47. The van der Waals surface area contributed by atoms with Gasteiger partial charge >= 0.3 is 15.6 Å². The van der Waals surface area contributed by atoms with Crippen molar-refractivity contribution in [3.63, 3.8) is 0 Å². The molecule has 2 aliphatic rings. The average Bonchev–Trinajstić information content (AvgIpc) is 3.47. The minimum absolute atomic E-state index is 0.0350. The molecule has 46 heavy (non-hydrogen) atoms. The quantitative estimate of drug-likeness (QED) is 0.130. The van der Waals surface area contributed by atoms with Crippen molar-refractivity contribution in [1.29, 1.82) is 5.41 Å². The van der Waals surface area contributed by atoms with Crippen LogP contribution in [0.2, 0.25) is 0 Å². The van der Waals surface area contributed by atoms with Gasteiger partial charge in [-0.1, -0.05) is 13.8 Å². The van der Waals surface area contributed by atoms with E-state index in [0.717, 1.165) is 6.33 Å². The number of halogens is 3. The van der Waals surface area contributed by atoms with Crippen LogP contribution in [0.1, 0.15) is 81.0 Å². The van der Waals surface area contributed by atoms with E-state index in [9.17, 15) is 21.6 Å². The Hall–Kier alpha value is -1.87. The van der Waals surface area contributed by atoms with Gasteiger partial charge in [-0.25, -0.2) is 9.97 Å². The van der Waals surface area contributed by atoms with Gasteiger partial charge in [-0.2, -0.15) is 46.4 Å². The van der Waals surface area contributed by atoms with Crippen molar-refractivity contribution in [2.75, 3.05) is 12.3 Å². The Morgan fingerprint density at radius 2 is 1.59 bits per heavy atom. The molecule has 13 nitrogen and oxygen atoms in total. The van der Waals surface area contributed by atoms with Crippen molar-refractivity contribution >= 4 is 54.0 Å². The van der Waals surface area contributed by atoms with E-state index in [2.05, 4.69) is 9.97 Å². The third-order valence-corrected chi connectivity index (χ3v) is 16.6. The number of anilines is 1. The highest BCUT2D eigenvalue weighted by atomic mass is 32.4. The molecule has 0 unspecified atom stereocenters. The molecule has 4 atom stereocenters. The first-order chi connectivity index (χ1) is 21.2. The molecule has 2 aromatic rings. The minimum Gasteiger partial charge on any atom is -0.384 e. The third kappa shape index (κ3) is 6.70. The predicted molar refractivity (Wildman–Crippen MR) is 176 cm³/mol. The van der Waals surface area contributed by atoms with E-state index < -0.39 is 67.2 Å². The van der Waals surface area contributed by atoms with Gasteiger partial charge in [-0.15, -0.1) is 0 Å². The lowest BCUT2D eigenvalue weighted by Gasteiger charge is -2.62. The zero-order chi connectivity index (χ0) is 35.2. The summed E-state index contributed by atoms with van der Waals surface area (Å²) in [4.78, 5) is 8.14. The number of amidine groups is 1. The SMILES string of the molecule is CC.CC(C)S1(C(C)C)OC[C@H]2O[C@@H](n3cc(C(=N)N)c4c(N)ncnc43)[C@H](OS(=O)(=O)C(F)(F)F)[C@@H]2OS(C(C)C)(C(C)C)O1. The second-order valence-electron chi connectivity index (χ2n) is 11.6. The fraction of sp³-hybridized carbons (Fsp3) is 0.741. The number of rotatable bonds is 8. The van der Waals surface area contributed by atoms with Crippen molar-refractivity contribution in [2.45, 2.75) is 120 Å². The molecule has 0 bridgehead atoms. The van der Waals surface area contributed by atoms with Gasteiger partial charge in [-0.3, -0.25) is 18.0 Å². The number of alkyl halides is 3. The summed E-state index contributed by atoms with van der Waals surface area (Å²) < 4.78 is 99.2. The molecule has 2 saturated heterocycles. The molecule has 266 valence electrons. The smallest absolute Gasteiger partial charge is 0.384 e. The molecule has 0 saturated carbocycles. The van der Waals surface area contributed by atoms with E-state index in [4.69, 9.17) is 37.8 Å². The molecule has 5 N–H and O–H groups in total. The lowest BCUT2D eigenvalue weighted by molar-refractivity contribution is -0.0689. The Morgan fingerprint density at radius 3 is 2.07 bits per heavy atom. The Labute approximate surface area is 272 Å². The van der Waals surface area contributed by atoms with Crippen LogP contribution in [0.4, 0.5) is 19.0 Å². The molecule has 0 radical (unpaired) electrons. The van der Waals surface area contributed by atoms with Gasteiger partial charge in [0.25, 0.3) is 0 Å². The molecule has 0 amide bonds. The number of nitrogens with zero attached hydrogens (tertiary/aromatic N) is 3. The van der Waals surface area contributed by atoms with Crippen molar-refractivity contribution < 1.29 is 42.5 Å². The first-order valence-electron chi connectivity index (χ1n) is 15.0. The van der Waals surface area contributed by atoms with Crippen molar-refractivity contribution in [2.24, 2.45) is 5.73 Å². The number of fused-ring (bicyclic) bond motifs is 2. The summed E-state index contributed by atoms with van der Waals surface area (Å²) in [5, 5.41) is 7.39. The van der Waals surface area contributed by atoms with Crippen molar-refractivity contribution in [3.8, 4) is 0 Å². The number of hydrogen-bond acceptors (Lipinski definition) is 11. The monoisotopic (exact) mass is 720 g/mol. The Morgan fingerprint density at radius 1 is 1.04 bits per heavy atom. The van der Waals surface area contributed by atoms with Crippen LogP contribution in [0.25, 0.3) is 11.0 Å². The highest BCUT2D eigenvalue weighted by Crippen LogP contribution is 2.75. The van der Waals surface area contributed by atoms with E-state index in [0.29, 0.717) is 0 Å². The first kappa shape index (κ1) is 38.6. The summed E-state index contributed by atoms with van der Waals surface area (Å²) >= 11 is 0. The first-order valence-corrected chi connectivity index (χ1v) is 19.6. The molecule has 2 fully saturated rings. The number of nitrogens with two attached hydrogens (primary N) is 2. The van der Waals surface area contributed by atoms with Gasteiger partial charge in [0.15, 0.2) is 12.3 Å². The van der Waals surface area contributed by atoms with Gasteiger partial charge in [0.2, 0.25) is 0 Å². The third-order valence-electron chi connectivity index (χ3n) is 7.53. The second kappa shape index (κ2) is 13.9. The van der Waals surface area contributed by atoms with Crippen molar-refractivity contribution in [1.82, 2.24) is 14.5 Å². The van der Waals surface area contributed by atoms with Gasteiger partial charge in [0.05, 0.1) is 5.39 Å². The molecule has 2 aliphatic heterocycles. The fourth-order valence-electron chi connectivity index (χ4n) is 5.44. The number of hydrogen-bond donors (Lipinski definition) is 3. The molecule has 0 aromatic carbocycles. The van der Waals surface area contributed by atoms with Crippen LogP contribution < -0.4 is 11.5 Å². The molecular weight excluding hydrogens is 674 g/mol. The van der Waals surface area contributed by atoms with Crippen LogP contribution in [0.3, 0.4) is 0 Å². The standard InChI is InChI=1S/C25H41F3N6O7S3.C2H6/c1-12(2)42(13(3)4)37-10-17-19(39-43(41-42,14(5)6)15(7)8)20(40-44(35,36)25(26,27)28)24(38-17)34-9-16(21(29)30)18-22(31)32-11-33-23(18)34;1-2/h9,11-15,17,19-20,24H,10H2,1-8H3,(H3,29,30)(H2,31,32,33);1-2H3/t17-,19-,20-,24-;/m1./s1. The van der Waals surface area contributed by atoms with Gasteiger partial charge in [0, 0.05) is 32.8 Å². The van der Waals surface area contributed by atoms with Crippen LogP contribution in [0, 0.1) is 5.41 Å². The van der Waals surface area contributed by atoms with Crippen LogP contribution in [-0.4, -0.2) is 80.2 Å². The van der Waals surface area contributed by atoms with Gasteiger partial charge < -0.3 is 20.8 Å². The number of ether oxygens (including phenoxy) is 1. The van der Waals surface area contributed by atoms with Crippen LogP contribution >= 0.6 is 21.2 Å². The topological polar surface area (TPSA) is 187 Å². The number of nitrogens with one attached hydrogen (secondary N) is 1. The Kier molecular flexibility index (Phi) is 11.7. The zero-order valence-electron chi connectivity index (χ0n) is 27.7. The predicted octanol–water partition coefficient (Wildman–Crippen LogP) is 5.79. The maximum Gasteiger partial charge on any atom is 0.523 e. The lowest BCUT2D eigenvalue weighted by atomic mass is 10.1. The molecule has 19 heteroatoms. The molecule has 4 heterocycles. The van der Waals surface area contributed by atoms with E-state index in [-0.39, 0.29) is 50.0 Å². The molecule has 4 rings (SSSR count). The van der Waals surface area contributed by atoms with E-state index in [1.807, 2.05) is 69.2 Å². The zero-order valence-corrected chi connectivity index (χ0v) is 30.1. The van der Waals surface area contributed by atoms with Gasteiger partial charge in [-0.05, 0) is 55.4 Å². The fourth-order valence-corrected chi connectivity index (χ4v) is 14.3. The highest BCUT2D eigenvalue weighted by molar-refractivity contribution is 8.39. The maximum absolute atomic E-state index is 13.8. The Bertz CT molecular complexity index is 1490. The summed E-state index contributed by atoms with van der Waals surface area (Å²) in [5.41, 5.74) is 6.21. The highest BCUT2D eigenvalue weighted by Gasteiger charge is 2.59. The summed E-state index contributed by atoms with van der Waals surface area (Å²) in [7, 11) is -11.1. The largest absolute Gasteiger partial charge is 0.523 e. The summed E-state index contributed by atoms with van der Waals surface area (Å²) in [5.74, 6) is -0.486. The molecule has 0 aliphatic carbocycles.